The summed E-state index contributed by atoms with van der Waals surface area (Å²) in [7, 11) is 0. The molecule has 0 saturated heterocycles. The van der Waals surface area contributed by atoms with Crippen LogP contribution in [-0.4, -0.2) is 34.9 Å². The maximum atomic E-state index is 12.4. The number of phenols is 1. The van der Waals surface area contributed by atoms with Gasteiger partial charge in [0, 0.05) is 30.1 Å². The van der Waals surface area contributed by atoms with Gasteiger partial charge in [0.25, 0.3) is 5.91 Å². The summed E-state index contributed by atoms with van der Waals surface area (Å²) in [6.45, 7) is 3.54. The SMILES string of the molecule is C=CC(C=N)(C=N)NC(=O)c1cccc(NC(=O)CCc2ccccc2O)c1. The lowest BCUT2D eigenvalue weighted by atomic mass is 10.0. The van der Waals surface area contributed by atoms with Crippen LogP contribution in [0.3, 0.4) is 0 Å². The second-order valence-electron chi connectivity index (χ2n) is 6.14. The van der Waals surface area contributed by atoms with Crippen molar-refractivity contribution in [1.29, 1.82) is 10.8 Å². The molecule has 28 heavy (non-hydrogen) atoms. The van der Waals surface area contributed by atoms with E-state index in [2.05, 4.69) is 17.2 Å². The number of anilines is 1. The maximum absolute atomic E-state index is 12.4. The number of aryl methyl sites for hydroxylation is 1. The lowest BCUT2D eigenvalue weighted by Crippen LogP contribution is -2.49. The summed E-state index contributed by atoms with van der Waals surface area (Å²) < 4.78 is 0. The first-order chi connectivity index (χ1) is 13.4. The van der Waals surface area contributed by atoms with Gasteiger partial charge < -0.3 is 26.6 Å². The van der Waals surface area contributed by atoms with Crippen LogP contribution in [0.2, 0.25) is 0 Å². The zero-order valence-corrected chi connectivity index (χ0v) is 15.2. The number of carbonyl (C=O) groups is 2. The van der Waals surface area contributed by atoms with Crippen LogP contribution < -0.4 is 10.6 Å². The zero-order chi connectivity index (χ0) is 20.6. The van der Waals surface area contributed by atoms with Crippen molar-refractivity contribution in [2.45, 2.75) is 18.4 Å². The molecule has 0 spiro atoms. The van der Waals surface area contributed by atoms with Gasteiger partial charge in [0.2, 0.25) is 5.91 Å². The monoisotopic (exact) mass is 378 g/mol. The fourth-order valence-corrected chi connectivity index (χ4v) is 2.48. The molecule has 0 saturated carbocycles. The molecule has 2 amide bonds. The van der Waals surface area contributed by atoms with E-state index >= 15 is 0 Å². The molecule has 0 radical (unpaired) electrons. The topological polar surface area (TPSA) is 126 Å². The normalized spacial score (nSPS) is 12.3. The highest BCUT2D eigenvalue weighted by Gasteiger charge is 2.24. The molecule has 0 aliphatic rings. The molecule has 2 aromatic rings. The first-order valence-electron chi connectivity index (χ1n) is 8.59. The molecule has 0 unspecified atom stereocenters. The Kier molecular flexibility index (Phi) is 6.81. The molecule has 0 aromatic heterocycles. The second kappa shape index (κ2) is 9.27. The van der Waals surface area contributed by atoms with E-state index in [0.29, 0.717) is 17.7 Å². The quantitative estimate of drug-likeness (QED) is 0.340. The van der Waals surface area contributed by atoms with Gasteiger partial charge in [-0.2, -0.15) is 0 Å². The first kappa shape index (κ1) is 20.6. The third-order valence-corrected chi connectivity index (χ3v) is 4.17. The molecule has 5 N–H and O–H groups in total. The van der Waals surface area contributed by atoms with Crippen molar-refractivity contribution in [2.24, 2.45) is 0 Å². The van der Waals surface area contributed by atoms with E-state index in [1.807, 2.05) is 0 Å². The number of hydrogen-bond donors (Lipinski definition) is 5. The van der Waals surface area contributed by atoms with Gasteiger partial charge in [0.05, 0.1) is 0 Å². The number of hydrogen-bond acceptors (Lipinski definition) is 5. The van der Waals surface area contributed by atoms with Crippen LogP contribution in [0.5, 0.6) is 5.75 Å². The van der Waals surface area contributed by atoms with Crippen LogP contribution in [-0.2, 0) is 11.2 Å². The van der Waals surface area contributed by atoms with Gasteiger partial charge in [0.1, 0.15) is 11.3 Å². The van der Waals surface area contributed by atoms with Crippen LogP contribution in [0.1, 0.15) is 22.3 Å². The minimum atomic E-state index is -1.35. The largest absolute Gasteiger partial charge is 0.508 e. The molecule has 0 aliphatic heterocycles. The van der Waals surface area contributed by atoms with Gasteiger partial charge in [-0.1, -0.05) is 36.9 Å². The fraction of sp³-hybridized carbons (Fsp3) is 0.143. The lowest BCUT2D eigenvalue weighted by molar-refractivity contribution is -0.116. The molecule has 0 heterocycles. The molecular weight excluding hydrogens is 356 g/mol. The van der Waals surface area contributed by atoms with Crippen molar-refractivity contribution in [1.82, 2.24) is 5.32 Å². The van der Waals surface area contributed by atoms with Crippen molar-refractivity contribution in [2.75, 3.05) is 5.32 Å². The molecule has 0 aliphatic carbocycles. The fourth-order valence-electron chi connectivity index (χ4n) is 2.48. The smallest absolute Gasteiger partial charge is 0.252 e. The van der Waals surface area contributed by atoms with Crippen molar-refractivity contribution < 1.29 is 14.7 Å². The van der Waals surface area contributed by atoms with E-state index in [4.69, 9.17) is 10.8 Å². The Morgan fingerprint density at radius 2 is 1.82 bits per heavy atom. The molecule has 7 heteroatoms. The van der Waals surface area contributed by atoms with Gasteiger partial charge in [-0.3, -0.25) is 9.59 Å². The number of para-hydroxylation sites is 1. The molecule has 2 rings (SSSR count). The predicted octanol–water partition coefficient (Wildman–Crippen LogP) is 2.92. The molecular formula is C21H22N4O3. The van der Waals surface area contributed by atoms with Gasteiger partial charge >= 0.3 is 0 Å². The van der Waals surface area contributed by atoms with Crippen LogP contribution in [0.25, 0.3) is 0 Å². The Morgan fingerprint density at radius 1 is 1.11 bits per heavy atom. The number of amides is 2. The zero-order valence-electron chi connectivity index (χ0n) is 15.2. The van der Waals surface area contributed by atoms with Gasteiger partial charge in [-0.05, 0) is 36.2 Å². The van der Waals surface area contributed by atoms with Crippen molar-refractivity contribution in [3.63, 3.8) is 0 Å². The molecule has 7 nitrogen and oxygen atoms in total. The molecule has 0 fully saturated rings. The number of rotatable bonds is 9. The third kappa shape index (κ3) is 5.14. The van der Waals surface area contributed by atoms with E-state index in [1.165, 1.54) is 12.1 Å². The number of aromatic hydroxyl groups is 1. The minimum Gasteiger partial charge on any atom is -0.508 e. The summed E-state index contributed by atoms with van der Waals surface area (Å²) in [5, 5.41) is 29.8. The summed E-state index contributed by atoms with van der Waals surface area (Å²) in [6, 6.07) is 13.2. The van der Waals surface area contributed by atoms with Gasteiger partial charge in [-0.25, -0.2) is 0 Å². The number of benzene rings is 2. The summed E-state index contributed by atoms with van der Waals surface area (Å²) in [5.41, 5.74) is 0.0516. The van der Waals surface area contributed by atoms with Gasteiger partial charge in [-0.15, -0.1) is 0 Å². The first-order valence-corrected chi connectivity index (χ1v) is 8.59. The van der Waals surface area contributed by atoms with E-state index in [1.54, 1.807) is 42.5 Å². The summed E-state index contributed by atoms with van der Waals surface area (Å²) in [5.74, 6) is -0.602. The summed E-state index contributed by atoms with van der Waals surface area (Å²) in [4.78, 5) is 24.6. The van der Waals surface area contributed by atoms with Crippen molar-refractivity contribution in [3.05, 3.63) is 72.3 Å². The van der Waals surface area contributed by atoms with Gasteiger partial charge in [0.15, 0.2) is 0 Å². The number of carbonyl (C=O) groups excluding carboxylic acids is 2. The Hall–Kier alpha value is -3.74. The van der Waals surface area contributed by atoms with Crippen LogP contribution in [0, 0.1) is 10.8 Å². The minimum absolute atomic E-state index is 0.150. The summed E-state index contributed by atoms with van der Waals surface area (Å²) >= 11 is 0. The number of phenolic OH excluding ortho intramolecular Hbond substituents is 1. The van der Waals surface area contributed by atoms with E-state index in [9.17, 15) is 14.7 Å². The average molecular weight is 378 g/mol. The highest BCUT2D eigenvalue weighted by Crippen LogP contribution is 2.18. The van der Waals surface area contributed by atoms with Crippen molar-refractivity contribution in [3.8, 4) is 5.75 Å². The van der Waals surface area contributed by atoms with E-state index in [0.717, 1.165) is 12.4 Å². The van der Waals surface area contributed by atoms with Crippen LogP contribution >= 0.6 is 0 Å². The predicted molar refractivity (Wildman–Crippen MR) is 109 cm³/mol. The maximum Gasteiger partial charge on any atom is 0.252 e. The lowest BCUT2D eigenvalue weighted by Gasteiger charge is -2.22. The Labute approximate surface area is 163 Å². The second-order valence-corrected chi connectivity index (χ2v) is 6.14. The Balaban J connectivity index is 2.02. The average Bonchev–Trinajstić information content (AvgIpc) is 2.71. The van der Waals surface area contributed by atoms with Crippen molar-refractivity contribution >= 4 is 29.9 Å². The third-order valence-electron chi connectivity index (χ3n) is 4.17. The summed E-state index contributed by atoms with van der Waals surface area (Å²) in [6.07, 6.45) is 3.68. The molecule has 0 bridgehead atoms. The highest BCUT2D eigenvalue weighted by atomic mass is 16.3. The Morgan fingerprint density at radius 3 is 2.46 bits per heavy atom. The Bertz CT molecular complexity index is 886. The highest BCUT2D eigenvalue weighted by molar-refractivity contribution is 6.04. The van der Waals surface area contributed by atoms with Crippen LogP contribution in [0.15, 0.2) is 61.2 Å². The van der Waals surface area contributed by atoms with E-state index in [-0.39, 0.29) is 23.6 Å². The van der Waals surface area contributed by atoms with E-state index < -0.39 is 11.4 Å². The molecule has 2 aromatic carbocycles. The van der Waals surface area contributed by atoms with Crippen LogP contribution in [0.4, 0.5) is 5.69 Å². The molecule has 0 atom stereocenters. The molecule has 144 valence electrons. The standard InChI is InChI=1S/C21H22N4O3/c1-2-21(13-22,14-23)25-20(28)16-7-5-8-17(12-16)24-19(27)11-10-15-6-3-4-9-18(15)26/h2-9,12-14,22-23,26H,1,10-11H2,(H,24,27)(H,25,28). The number of nitrogens with one attached hydrogen (secondary N) is 4.